The van der Waals surface area contributed by atoms with E-state index in [4.69, 9.17) is 0 Å². The van der Waals surface area contributed by atoms with Gasteiger partial charge in [0.15, 0.2) is 0 Å². The molecule has 3 N–H and O–H groups in total. The molecule has 2 heterocycles. The Labute approximate surface area is 119 Å². The van der Waals surface area contributed by atoms with Crippen molar-refractivity contribution in [3.8, 4) is 0 Å². The average molecular weight is 302 g/mol. The van der Waals surface area contributed by atoms with Gasteiger partial charge in [-0.3, -0.25) is 4.68 Å². The first-order valence-electron chi connectivity index (χ1n) is 6.83. The van der Waals surface area contributed by atoms with Crippen LogP contribution in [0.15, 0.2) is 11.1 Å². The van der Waals surface area contributed by atoms with Crippen LogP contribution in [0.5, 0.6) is 0 Å². The molecule has 1 aliphatic rings. The summed E-state index contributed by atoms with van der Waals surface area (Å²) in [6.45, 7) is 5.52. The van der Waals surface area contributed by atoms with Gasteiger partial charge in [-0.05, 0) is 33.2 Å². The van der Waals surface area contributed by atoms with Crippen LogP contribution in [-0.2, 0) is 16.6 Å². The van der Waals surface area contributed by atoms with Crippen LogP contribution in [0.25, 0.3) is 0 Å². The first-order chi connectivity index (χ1) is 9.38. The summed E-state index contributed by atoms with van der Waals surface area (Å²) in [5, 5.41) is 17.4. The number of aromatic nitrogens is 2. The second kappa shape index (κ2) is 5.80. The first kappa shape index (κ1) is 15.4. The number of aryl methyl sites for hydroxylation is 1. The Morgan fingerprint density at radius 2 is 2.35 bits per heavy atom. The molecule has 1 atom stereocenters. The van der Waals surface area contributed by atoms with Crippen molar-refractivity contribution >= 4 is 10.0 Å². The quantitative estimate of drug-likeness (QED) is 0.688. The van der Waals surface area contributed by atoms with Gasteiger partial charge in [-0.15, -0.1) is 0 Å². The molecule has 0 spiro atoms. The van der Waals surface area contributed by atoms with Crippen molar-refractivity contribution in [3.05, 3.63) is 11.9 Å². The highest BCUT2D eigenvalue weighted by atomic mass is 32.2. The average Bonchev–Trinajstić information content (AvgIpc) is 2.79. The van der Waals surface area contributed by atoms with E-state index in [0.29, 0.717) is 25.2 Å². The third-order valence-electron chi connectivity index (χ3n) is 3.69. The fourth-order valence-electron chi connectivity index (χ4n) is 2.42. The minimum absolute atomic E-state index is 0.0130. The second-order valence-electron chi connectivity index (χ2n) is 5.24. The van der Waals surface area contributed by atoms with E-state index in [-0.39, 0.29) is 11.4 Å². The number of hydrogen-bond donors (Lipinski definition) is 3. The Morgan fingerprint density at radius 3 is 2.90 bits per heavy atom. The monoisotopic (exact) mass is 302 g/mol. The zero-order valence-electron chi connectivity index (χ0n) is 11.9. The van der Waals surface area contributed by atoms with Gasteiger partial charge in [-0.25, -0.2) is 13.1 Å². The summed E-state index contributed by atoms with van der Waals surface area (Å²) < 4.78 is 28.7. The van der Waals surface area contributed by atoms with Crippen LogP contribution in [0.2, 0.25) is 0 Å². The van der Waals surface area contributed by atoms with Crippen LogP contribution in [-0.4, -0.2) is 48.5 Å². The molecule has 2 rings (SSSR count). The van der Waals surface area contributed by atoms with E-state index in [1.807, 2.05) is 6.92 Å². The number of rotatable bonds is 5. The lowest BCUT2D eigenvalue weighted by Crippen LogP contribution is -2.52. The highest BCUT2D eigenvalue weighted by Gasteiger charge is 2.31. The fourth-order valence-corrected chi connectivity index (χ4v) is 3.72. The van der Waals surface area contributed by atoms with E-state index in [2.05, 4.69) is 15.1 Å². The van der Waals surface area contributed by atoms with Gasteiger partial charge in [0.1, 0.15) is 4.90 Å². The van der Waals surface area contributed by atoms with Gasteiger partial charge >= 0.3 is 0 Å². The smallest absolute Gasteiger partial charge is 0.244 e. The van der Waals surface area contributed by atoms with Gasteiger partial charge in [0, 0.05) is 19.6 Å². The molecule has 8 heteroatoms. The molecular formula is C12H22N4O3S. The normalized spacial score (nSPS) is 23.9. The Morgan fingerprint density at radius 1 is 1.60 bits per heavy atom. The Kier molecular flexibility index (Phi) is 4.48. The molecule has 0 unspecified atom stereocenters. The van der Waals surface area contributed by atoms with Crippen LogP contribution in [0, 0.1) is 6.92 Å². The molecular weight excluding hydrogens is 280 g/mol. The summed E-state index contributed by atoms with van der Waals surface area (Å²) in [6, 6.07) is 0. The molecule has 1 aliphatic heterocycles. The van der Waals surface area contributed by atoms with E-state index >= 15 is 0 Å². The van der Waals surface area contributed by atoms with Gasteiger partial charge in [0.2, 0.25) is 10.0 Å². The SMILES string of the molecule is CCn1ncc(S(=O)(=O)NC[C@]2(O)CCCNC2)c1C. The minimum atomic E-state index is -3.64. The van der Waals surface area contributed by atoms with Crippen molar-refractivity contribution in [1.82, 2.24) is 19.8 Å². The van der Waals surface area contributed by atoms with Crippen LogP contribution < -0.4 is 10.0 Å². The third-order valence-corrected chi connectivity index (χ3v) is 5.19. The lowest BCUT2D eigenvalue weighted by atomic mass is 9.95. The minimum Gasteiger partial charge on any atom is -0.387 e. The number of piperidine rings is 1. The first-order valence-corrected chi connectivity index (χ1v) is 8.31. The summed E-state index contributed by atoms with van der Waals surface area (Å²) in [5.74, 6) is 0. The molecule has 7 nitrogen and oxygen atoms in total. The fraction of sp³-hybridized carbons (Fsp3) is 0.750. The molecule has 0 aliphatic carbocycles. The summed E-state index contributed by atoms with van der Waals surface area (Å²) in [5.41, 5.74) is -0.409. The van der Waals surface area contributed by atoms with Gasteiger partial charge in [0.25, 0.3) is 0 Å². The van der Waals surface area contributed by atoms with Gasteiger partial charge in [0.05, 0.1) is 17.5 Å². The Balaban J connectivity index is 2.09. The summed E-state index contributed by atoms with van der Waals surface area (Å²) >= 11 is 0. The molecule has 0 bridgehead atoms. The molecule has 20 heavy (non-hydrogen) atoms. The standard InChI is InChI=1S/C12H22N4O3S/c1-3-16-10(2)11(7-14-16)20(18,19)15-9-12(17)5-4-6-13-8-12/h7,13,15,17H,3-6,8-9H2,1-2H3/t12-/m0/s1. The largest absolute Gasteiger partial charge is 0.387 e. The van der Waals surface area contributed by atoms with Crippen LogP contribution in [0.3, 0.4) is 0 Å². The van der Waals surface area contributed by atoms with E-state index in [1.165, 1.54) is 6.20 Å². The second-order valence-corrected chi connectivity index (χ2v) is 6.97. The number of nitrogens with one attached hydrogen (secondary N) is 2. The van der Waals surface area contributed by atoms with E-state index in [9.17, 15) is 13.5 Å². The van der Waals surface area contributed by atoms with Crippen molar-refractivity contribution < 1.29 is 13.5 Å². The topological polar surface area (TPSA) is 96.2 Å². The van der Waals surface area contributed by atoms with Gasteiger partial charge < -0.3 is 10.4 Å². The lowest BCUT2D eigenvalue weighted by Gasteiger charge is -2.32. The number of β-amino-alcohol motifs (C(OH)–C–C–N with tert-alkyl or cyclic N) is 1. The highest BCUT2D eigenvalue weighted by Crippen LogP contribution is 2.18. The van der Waals surface area contributed by atoms with Crippen LogP contribution in [0.4, 0.5) is 0 Å². The molecule has 0 amide bonds. The van der Waals surface area contributed by atoms with Gasteiger partial charge in [-0.1, -0.05) is 0 Å². The molecule has 1 fully saturated rings. The summed E-state index contributed by atoms with van der Waals surface area (Å²) in [7, 11) is -3.64. The number of sulfonamides is 1. The maximum Gasteiger partial charge on any atom is 0.244 e. The zero-order chi connectivity index (χ0) is 14.8. The van der Waals surface area contributed by atoms with E-state index in [1.54, 1.807) is 11.6 Å². The summed E-state index contributed by atoms with van der Waals surface area (Å²) in [6.07, 6.45) is 2.78. The molecule has 0 saturated carbocycles. The van der Waals surface area contributed by atoms with Crippen molar-refractivity contribution in [3.63, 3.8) is 0 Å². The van der Waals surface area contributed by atoms with Crippen LogP contribution >= 0.6 is 0 Å². The maximum atomic E-state index is 12.3. The van der Waals surface area contributed by atoms with E-state index < -0.39 is 15.6 Å². The molecule has 0 aromatic carbocycles. The predicted molar refractivity (Wildman–Crippen MR) is 74.9 cm³/mol. The molecule has 1 aromatic rings. The van der Waals surface area contributed by atoms with E-state index in [0.717, 1.165) is 13.0 Å². The third kappa shape index (κ3) is 3.20. The Hall–Kier alpha value is -0.960. The summed E-state index contributed by atoms with van der Waals surface area (Å²) in [4.78, 5) is 0.173. The molecule has 114 valence electrons. The van der Waals surface area contributed by atoms with Crippen molar-refractivity contribution in [2.24, 2.45) is 0 Å². The van der Waals surface area contributed by atoms with Gasteiger partial charge in [-0.2, -0.15) is 5.10 Å². The van der Waals surface area contributed by atoms with Crippen molar-refractivity contribution in [2.75, 3.05) is 19.6 Å². The number of hydrogen-bond acceptors (Lipinski definition) is 5. The predicted octanol–water partition coefficient (Wildman–Crippen LogP) is -0.396. The van der Waals surface area contributed by atoms with Crippen molar-refractivity contribution in [1.29, 1.82) is 0 Å². The zero-order valence-corrected chi connectivity index (χ0v) is 12.7. The Bertz CT molecular complexity index is 561. The maximum absolute atomic E-state index is 12.3. The highest BCUT2D eigenvalue weighted by molar-refractivity contribution is 7.89. The number of aliphatic hydroxyl groups is 1. The molecule has 1 aromatic heterocycles. The van der Waals surface area contributed by atoms with Crippen molar-refractivity contribution in [2.45, 2.75) is 43.7 Å². The molecule has 1 saturated heterocycles. The molecule has 0 radical (unpaired) electrons. The van der Waals surface area contributed by atoms with Crippen LogP contribution in [0.1, 0.15) is 25.5 Å². The number of nitrogens with zero attached hydrogens (tertiary/aromatic N) is 2. The lowest BCUT2D eigenvalue weighted by molar-refractivity contribution is 0.0218.